The first kappa shape index (κ1) is 11.6. The van der Waals surface area contributed by atoms with E-state index in [4.69, 9.17) is 0 Å². The summed E-state index contributed by atoms with van der Waals surface area (Å²) in [5.74, 6) is 0.316. The Morgan fingerprint density at radius 3 is 2.63 bits per heavy atom. The molecule has 0 radical (unpaired) electrons. The van der Waals surface area contributed by atoms with Gasteiger partial charge in [-0.25, -0.2) is 22.6 Å². The molecule has 7 nitrogen and oxygen atoms in total. The van der Waals surface area contributed by atoms with Crippen LogP contribution in [0.4, 0.5) is 5.95 Å². The molecule has 8 heteroatoms. The average molecular weight is 275 g/mol. The van der Waals surface area contributed by atoms with Crippen molar-refractivity contribution in [2.75, 3.05) is 4.72 Å². The van der Waals surface area contributed by atoms with Crippen LogP contribution in [0.15, 0.2) is 53.7 Å². The summed E-state index contributed by atoms with van der Waals surface area (Å²) >= 11 is 0. The number of hydrogen-bond acceptors (Lipinski definition) is 5. The predicted octanol–water partition coefficient (Wildman–Crippen LogP) is 0.925. The van der Waals surface area contributed by atoms with E-state index < -0.39 is 10.0 Å². The molecule has 0 aliphatic heterocycles. The van der Waals surface area contributed by atoms with E-state index in [0.717, 1.165) is 0 Å². The van der Waals surface area contributed by atoms with Crippen LogP contribution in [-0.4, -0.2) is 28.0 Å². The molecule has 2 aromatic heterocycles. The molecule has 0 spiro atoms. The van der Waals surface area contributed by atoms with Crippen molar-refractivity contribution in [3.8, 4) is 0 Å². The van der Waals surface area contributed by atoms with E-state index in [1.165, 1.54) is 16.6 Å². The topological polar surface area (TPSA) is 89.2 Å². The van der Waals surface area contributed by atoms with E-state index in [0.29, 0.717) is 5.78 Å². The molecule has 0 saturated heterocycles. The number of hydrogen-bond donors (Lipinski definition) is 1. The number of nitrogens with one attached hydrogen (secondary N) is 1. The molecule has 0 aliphatic rings. The molecule has 0 unspecified atom stereocenters. The maximum absolute atomic E-state index is 12.1. The van der Waals surface area contributed by atoms with Crippen molar-refractivity contribution in [1.29, 1.82) is 0 Å². The molecule has 19 heavy (non-hydrogen) atoms. The lowest BCUT2D eigenvalue weighted by atomic mass is 10.4. The molecule has 96 valence electrons. The van der Waals surface area contributed by atoms with Crippen molar-refractivity contribution in [2.45, 2.75) is 4.90 Å². The van der Waals surface area contributed by atoms with Gasteiger partial charge in [-0.15, -0.1) is 5.10 Å². The Hall–Kier alpha value is -2.48. The number of anilines is 1. The minimum Gasteiger partial charge on any atom is -0.246 e. The van der Waals surface area contributed by atoms with Gasteiger partial charge in [0.1, 0.15) is 0 Å². The van der Waals surface area contributed by atoms with Crippen LogP contribution in [-0.2, 0) is 10.0 Å². The normalized spacial score (nSPS) is 11.6. The number of nitrogens with zero attached hydrogens (tertiary/aromatic N) is 4. The molecule has 0 amide bonds. The van der Waals surface area contributed by atoms with Gasteiger partial charge in [-0.2, -0.15) is 4.98 Å². The maximum Gasteiger partial charge on any atom is 0.264 e. The van der Waals surface area contributed by atoms with Gasteiger partial charge in [0.15, 0.2) is 0 Å². The number of rotatable bonds is 3. The van der Waals surface area contributed by atoms with E-state index in [1.54, 1.807) is 36.7 Å². The Morgan fingerprint density at radius 2 is 1.89 bits per heavy atom. The highest BCUT2D eigenvalue weighted by molar-refractivity contribution is 7.92. The van der Waals surface area contributed by atoms with Gasteiger partial charge in [0.25, 0.3) is 21.7 Å². The molecule has 0 bridgehead atoms. The smallest absolute Gasteiger partial charge is 0.246 e. The molecule has 0 fully saturated rings. The van der Waals surface area contributed by atoms with E-state index in [1.807, 2.05) is 0 Å². The van der Waals surface area contributed by atoms with Crippen molar-refractivity contribution >= 4 is 21.7 Å². The Kier molecular flexibility index (Phi) is 2.64. The van der Waals surface area contributed by atoms with E-state index in [2.05, 4.69) is 19.8 Å². The monoisotopic (exact) mass is 275 g/mol. The standard InChI is InChI=1S/C11H9N5O2S/c17-19(18,9-5-2-1-3-6-9)15-10-13-11-12-7-4-8-16(11)14-10/h1-8H,(H,14,15). The second-order valence-corrected chi connectivity index (χ2v) is 5.40. The van der Waals surface area contributed by atoms with Gasteiger partial charge in [-0.3, -0.25) is 0 Å². The molecule has 0 aliphatic carbocycles. The first-order chi connectivity index (χ1) is 9.15. The molecule has 2 heterocycles. The Morgan fingerprint density at radius 1 is 1.11 bits per heavy atom. The number of benzene rings is 1. The summed E-state index contributed by atoms with van der Waals surface area (Å²) < 4.78 is 27.8. The molecular formula is C11H9N5O2S. The Balaban J connectivity index is 1.97. The number of sulfonamides is 1. The highest BCUT2D eigenvalue weighted by Gasteiger charge is 2.16. The quantitative estimate of drug-likeness (QED) is 0.768. The highest BCUT2D eigenvalue weighted by atomic mass is 32.2. The lowest BCUT2D eigenvalue weighted by molar-refractivity contribution is 0.601. The minimum absolute atomic E-state index is 0.0115. The summed E-state index contributed by atoms with van der Waals surface area (Å²) in [6.45, 7) is 0. The third kappa shape index (κ3) is 2.25. The summed E-state index contributed by atoms with van der Waals surface area (Å²) in [4.78, 5) is 8.09. The van der Waals surface area contributed by atoms with Crippen molar-refractivity contribution in [1.82, 2.24) is 19.6 Å². The SMILES string of the molecule is O=S(=O)(Nc1nc2ncccn2n1)c1ccccc1. The van der Waals surface area contributed by atoms with E-state index in [-0.39, 0.29) is 10.8 Å². The Labute approximate surface area is 109 Å². The summed E-state index contributed by atoms with van der Waals surface area (Å²) in [7, 11) is -3.68. The third-order valence-electron chi connectivity index (χ3n) is 2.40. The fraction of sp³-hybridized carbons (Fsp3) is 0. The predicted molar refractivity (Wildman–Crippen MR) is 68.0 cm³/mol. The average Bonchev–Trinajstić information content (AvgIpc) is 2.81. The van der Waals surface area contributed by atoms with Gasteiger partial charge >= 0.3 is 0 Å². The maximum atomic E-state index is 12.1. The van der Waals surface area contributed by atoms with E-state index in [9.17, 15) is 8.42 Å². The second-order valence-electron chi connectivity index (χ2n) is 3.72. The second kappa shape index (κ2) is 4.32. The van der Waals surface area contributed by atoms with Crippen LogP contribution in [0.3, 0.4) is 0 Å². The summed E-state index contributed by atoms with van der Waals surface area (Å²) in [5.41, 5.74) is 0. The zero-order chi connectivity index (χ0) is 13.3. The third-order valence-corrected chi connectivity index (χ3v) is 3.74. The van der Waals surface area contributed by atoms with Crippen molar-refractivity contribution in [3.63, 3.8) is 0 Å². The van der Waals surface area contributed by atoms with Gasteiger partial charge in [0.2, 0.25) is 0 Å². The summed E-state index contributed by atoms with van der Waals surface area (Å²) in [6.07, 6.45) is 3.19. The van der Waals surface area contributed by atoms with Crippen LogP contribution in [0.25, 0.3) is 5.78 Å². The largest absolute Gasteiger partial charge is 0.264 e. The molecule has 3 rings (SSSR count). The zero-order valence-electron chi connectivity index (χ0n) is 9.63. The molecule has 1 N–H and O–H groups in total. The summed E-state index contributed by atoms with van der Waals surface area (Å²) in [5, 5.41) is 3.98. The van der Waals surface area contributed by atoms with Gasteiger partial charge in [-0.05, 0) is 18.2 Å². The first-order valence-electron chi connectivity index (χ1n) is 5.40. The molecule has 3 aromatic rings. The number of fused-ring (bicyclic) bond motifs is 1. The Bertz CT molecular complexity index is 780. The number of aromatic nitrogens is 4. The zero-order valence-corrected chi connectivity index (χ0v) is 10.4. The lowest BCUT2D eigenvalue weighted by Crippen LogP contribution is -2.13. The first-order valence-corrected chi connectivity index (χ1v) is 6.89. The highest BCUT2D eigenvalue weighted by Crippen LogP contribution is 2.12. The van der Waals surface area contributed by atoms with Crippen LogP contribution < -0.4 is 4.72 Å². The van der Waals surface area contributed by atoms with Crippen LogP contribution in [0.5, 0.6) is 0 Å². The van der Waals surface area contributed by atoms with E-state index >= 15 is 0 Å². The van der Waals surface area contributed by atoms with Crippen molar-refractivity contribution in [2.24, 2.45) is 0 Å². The fourth-order valence-electron chi connectivity index (χ4n) is 1.55. The van der Waals surface area contributed by atoms with Gasteiger partial charge in [0, 0.05) is 12.4 Å². The molecular weight excluding hydrogens is 266 g/mol. The molecule has 0 saturated carbocycles. The van der Waals surface area contributed by atoms with Crippen LogP contribution in [0, 0.1) is 0 Å². The van der Waals surface area contributed by atoms with Gasteiger partial charge in [0.05, 0.1) is 4.90 Å². The van der Waals surface area contributed by atoms with Crippen molar-refractivity contribution < 1.29 is 8.42 Å². The lowest BCUT2D eigenvalue weighted by Gasteiger charge is -2.03. The van der Waals surface area contributed by atoms with Crippen LogP contribution in [0.1, 0.15) is 0 Å². The fourth-order valence-corrected chi connectivity index (χ4v) is 2.51. The summed E-state index contributed by atoms with van der Waals surface area (Å²) in [6, 6.07) is 9.70. The minimum atomic E-state index is -3.68. The van der Waals surface area contributed by atoms with Crippen molar-refractivity contribution in [3.05, 3.63) is 48.8 Å². The molecule has 0 atom stereocenters. The van der Waals surface area contributed by atoms with Crippen LogP contribution >= 0.6 is 0 Å². The van der Waals surface area contributed by atoms with Crippen LogP contribution in [0.2, 0.25) is 0 Å². The van der Waals surface area contributed by atoms with Gasteiger partial charge < -0.3 is 0 Å². The molecule has 1 aromatic carbocycles. The van der Waals surface area contributed by atoms with Gasteiger partial charge in [-0.1, -0.05) is 18.2 Å².